The van der Waals surface area contributed by atoms with E-state index in [9.17, 15) is 4.79 Å². The van der Waals surface area contributed by atoms with Gasteiger partial charge in [0.25, 0.3) is 0 Å². The summed E-state index contributed by atoms with van der Waals surface area (Å²) in [6.45, 7) is 0. The molecule has 88 valence electrons. The first-order valence-corrected chi connectivity index (χ1v) is 5.55. The average molecular weight is 231 g/mol. The molecule has 0 spiro atoms. The highest BCUT2D eigenvalue weighted by molar-refractivity contribution is 5.87. The number of hydrogen-bond acceptors (Lipinski definition) is 3. The number of carbonyl (C=O) groups is 1. The molecule has 1 fully saturated rings. The molecule has 1 amide bonds. The summed E-state index contributed by atoms with van der Waals surface area (Å²) in [5.41, 5.74) is 7.17. The van der Waals surface area contributed by atoms with Gasteiger partial charge in [-0.05, 0) is 24.6 Å². The van der Waals surface area contributed by atoms with Crippen LogP contribution in [0.2, 0.25) is 0 Å². The van der Waals surface area contributed by atoms with Gasteiger partial charge in [-0.1, -0.05) is 0 Å². The summed E-state index contributed by atoms with van der Waals surface area (Å²) in [6, 6.07) is 5.66. The minimum atomic E-state index is -0.229. The Bertz CT molecular complexity index is 587. The van der Waals surface area contributed by atoms with E-state index in [1.165, 1.54) is 0 Å². The van der Waals surface area contributed by atoms with Crippen LogP contribution in [0.3, 0.4) is 0 Å². The second kappa shape index (κ2) is 3.52. The minimum absolute atomic E-state index is 0.0398. The van der Waals surface area contributed by atoms with Gasteiger partial charge in [-0.25, -0.2) is 0 Å². The monoisotopic (exact) mass is 231 g/mol. The van der Waals surface area contributed by atoms with Gasteiger partial charge in [0.2, 0.25) is 5.91 Å². The molecule has 3 rings (SSSR count). The standard InChI is InChI=1S/C13H13NO3/c1-16-7-2-3-12-9(4-7)11(6-17-12)8-5-10(8)13(14)15/h2-4,6,8,10H,5H2,1H3,(H2,14,15). The second-order valence-electron chi connectivity index (χ2n) is 4.40. The van der Waals surface area contributed by atoms with Crippen LogP contribution >= 0.6 is 0 Å². The predicted molar refractivity (Wildman–Crippen MR) is 62.8 cm³/mol. The highest BCUT2D eigenvalue weighted by Crippen LogP contribution is 2.50. The third-order valence-electron chi connectivity index (χ3n) is 3.37. The zero-order valence-corrected chi connectivity index (χ0v) is 9.47. The van der Waals surface area contributed by atoms with Crippen LogP contribution in [-0.4, -0.2) is 13.0 Å². The quantitative estimate of drug-likeness (QED) is 0.878. The molecule has 4 nitrogen and oxygen atoms in total. The fourth-order valence-corrected chi connectivity index (χ4v) is 2.30. The van der Waals surface area contributed by atoms with Gasteiger partial charge in [-0.3, -0.25) is 4.79 Å². The molecule has 2 aromatic rings. The molecule has 0 saturated heterocycles. The lowest BCUT2D eigenvalue weighted by Gasteiger charge is -1.99. The number of benzene rings is 1. The van der Waals surface area contributed by atoms with Gasteiger partial charge >= 0.3 is 0 Å². The highest BCUT2D eigenvalue weighted by atomic mass is 16.5. The Labute approximate surface area is 98.3 Å². The van der Waals surface area contributed by atoms with Crippen molar-refractivity contribution in [2.24, 2.45) is 11.7 Å². The van der Waals surface area contributed by atoms with Crippen molar-refractivity contribution < 1.29 is 13.9 Å². The normalized spacial score (nSPS) is 22.6. The molecule has 2 unspecified atom stereocenters. The van der Waals surface area contributed by atoms with Gasteiger partial charge in [0.1, 0.15) is 11.3 Å². The average Bonchev–Trinajstić information content (AvgIpc) is 3.02. The number of methoxy groups -OCH3 is 1. The molecule has 1 aromatic heterocycles. The van der Waals surface area contributed by atoms with E-state index in [4.69, 9.17) is 14.9 Å². The number of nitrogens with two attached hydrogens (primary N) is 1. The maximum absolute atomic E-state index is 11.1. The maximum Gasteiger partial charge on any atom is 0.221 e. The van der Waals surface area contributed by atoms with Crippen LogP contribution in [0.25, 0.3) is 11.0 Å². The van der Waals surface area contributed by atoms with E-state index < -0.39 is 0 Å². The summed E-state index contributed by atoms with van der Waals surface area (Å²) in [5, 5.41) is 1.01. The fraction of sp³-hybridized carbons (Fsp3) is 0.308. The zero-order chi connectivity index (χ0) is 12.0. The molecule has 1 aromatic carbocycles. The van der Waals surface area contributed by atoms with Crippen molar-refractivity contribution >= 4 is 16.9 Å². The molecule has 1 aliphatic carbocycles. The number of hydrogen-bond donors (Lipinski definition) is 1. The van der Waals surface area contributed by atoms with Crippen molar-refractivity contribution in [1.82, 2.24) is 0 Å². The molecule has 0 aliphatic heterocycles. The topological polar surface area (TPSA) is 65.5 Å². The smallest absolute Gasteiger partial charge is 0.221 e. The number of furan rings is 1. The van der Waals surface area contributed by atoms with Crippen LogP contribution in [0.5, 0.6) is 5.75 Å². The van der Waals surface area contributed by atoms with Gasteiger partial charge in [-0.15, -0.1) is 0 Å². The van der Waals surface area contributed by atoms with Crippen molar-refractivity contribution in [3.05, 3.63) is 30.0 Å². The first-order valence-electron chi connectivity index (χ1n) is 5.55. The highest BCUT2D eigenvalue weighted by Gasteiger charge is 2.44. The Hall–Kier alpha value is -1.97. The van der Waals surface area contributed by atoms with Crippen LogP contribution in [0.15, 0.2) is 28.9 Å². The van der Waals surface area contributed by atoms with Crippen LogP contribution in [0.1, 0.15) is 17.9 Å². The summed E-state index contributed by atoms with van der Waals surface area (Å²) >= 11 is 0. The molecule has 2 atom stereocenters. The number of primary amides is 1. The van der Waals surface area contributed by atoms with Crippen molar-refractivity contribution in [1.29, 1.82) is 0 Å². The zero-order valence-electron chi connectivity index (χ0n) is 9.47. The van der Waals surface area contributed by atoms with E-state index in [1.807, 2.05) is 18.2 Å². The summed E-state index contributed by atoms with van der Waals surface area (Å²) in [5.74, 6) is 0.728. The molecule has 1 aliphatic rings. The van der Waals surface area contributed by atoms with E-state index in [1.54, 1.807) is 13.4 Å². The molecular formula is C13H13NO3. The first-order chi connectivity index (χ1) is 8.20. The number of amides is 1. The van der Waals surface area contributed by atoms with Gasteiger partial charge in [0, 0.05) is 22.8 Å². The molecule has 1 saturated carbocycles. The van der Waals surface area contributed by atoms with E-state index in [0.29, 0.717) is 0 Å². The van der Waals surface area contributed by atoms with Gasteiger partial charge in [0.05, 0.1) is 13.4 Å². The maximum atomic E-state index is 11.1. The van der Waals surface area contributed by atoms with Crippen molar-refractivity contribution in [3.8, 4) is 5.75 Å². The minimum Gasteiger partial charge on any atom is -0.497 e. The summed E-state index contributed by atoms with van der Waals surface area (Å²) < 4.78 is 10.7. The lowest BCUT2D eigenvalue weighted by atomic mass is 10.1. The summed E-state index contributed by atoms with van der Waals surface area (Å²) in [6.07, 6.45) is 2.54. The largest absolute Gasteiger partial charge is 0.497 e. The number of carbonyl (C=O) groups excluding carboxylic acids is 1. The number of fused-ring (bicyclic) bond motifs is 1. The van der Waals surface area contributed by atoms with Crippen LogP contribution in [-0.2, 0) is 4.79 Å². The summed E-state index contributed by atoms with van der Waals surface area (Å²) in [4.78, 5) is 11.1. The first kappa shape index (κ1) is 10.2. The third kappa shape index (κ3) is 1.56. The van der Waals surface area contributed by atoms with Crippen LogP contribution in [0, 0.1) is 5.92 Å². The molecular weight excluding hydrogens is 218 g/mol. The second-order valence-corrected chi connectivity index (χ2v) is 4.40. The fourth-order valence-electron chi connectivity index (χ4n) is 2.30. The lowest BCUT2D eigenvalue weighted by molar-refractivity contribution is -0.119. The van der Waals surface area contributed by atoms with Crippen molar-refractivity contribution in [2.45, 2.75) is 12.3 Å². The predicted octanol–water partition coefficient (Wildman–Crippen LogP) is 2.03. The molecule has 1 heterocycles. The summed E-state index contributed by atoms with van der Waals surface area (Å²) in [7, 11) is 1.63. The van der Waals surface area contributed by atoms with Gasteiger partial charge in [-0.2, -0.15) is 0 Å². The van der Waals surface area contributed by atoms with Crippen molar-refractivity contribution in [3.63, 3.8) is 0 Å². The molecule has 2 N–H and O–H groups in total. The van der Waals surface area contributed by atoms with E-state index in [0.717, 1.165) is 28.7 Å². The molecule has 17 heavy (non-hydrogen) atoms. The SMILES string of the molecule is COc1ccc2occ(C3CC3C(N)=O)c2c1. The number of rotatable bonds is 3. The molecule has 0 bridgehead atoms. The lowest BCUT2D eigenvalue weighted by Crippen LogP contribution is -2.13. The van der Waals surface area contributed by atoms with Gasteiger partial charge < -0.3 is 14.9 Å². The van der Waals surface area contributed by atoms with Crippen molar-refractivity contribution in [2.75, 3.05) is 7.11 Å². The van der Waals surface area contributed by atoms with E-state index >= 15 is 0 Å². The van der Waals surface area contributed by atoms with Crippen LogP contribution in [0.4, 0.5) is 0 Å². The third-order valence-corrected chi connectivity index (χ3v) is 3.37. The Kier molecular flexibility index (Phi) is 2.11. The van der Waals surface area contributed by atoms with E-state index in [-0.39, 0.29) is 17.7 Å². The Morgan fingerprint density at radius 3 is 3.00 bits per heavy atom. The molecule has 4 heteroatoms. The Morgan fingerprint density at radius 2 is 2.35 bits per heavy atom. The number of ether oxygens (including phenoxy) is 1. The van der Waals surface area contributed by atoms with Gasteiger partial charge in [0.15, 0.2) is 0 Å². The Balaban J connectivity index is 2.03. The molecule has 0 radical (unpaired) electrons. The van der Waals surface area contributed by atoms with Crippen LogP contribution < -0.4 is 10.5 Å². The Morgan fingerprint density at radius 1 is 1.53 bits per heavy atom. The van der Waals surface area contributed by atoms with E-state index in [2.05, 4.69) is 0 Å².